The van der Waals surface area contributed by atoms with Crippen molar-refractivity contribution >= 4 is 0 Å². The molecule has 0 aliphatic carbocycles. The molecule has 4 heteroatoms. The second kappa shape index (κ2) is 4.45. The maximum atomic E-state index is 8.24. The van der Waals surface area contributed by atoms with E-state index < -0.39 is 0 Å². The molecule has 0 spiro atoms. The van der Waals surface area contributed by atoms with Crippen LogP contribution in [0.3, 0.4) is 0 Å². The van der Waals surface area contributed by atoms with Gasteiger partial charge in [-0.05, 0) is 12.8 Å². The van der Waals surface area contributed by atoms with E-state index in [2.05, 4.69) is 16.3 Å². The third kappa shape index (κ3) is 2.80. The molecule has 0 aliphatic heterocycles. The van der Waals surface area contributed by atoms with Crippen molar-refractivity contribution in [2.24, 2.45) is 0 Å². The molecule has 0 amide bonds. The SMILES string of the molecule is N#CCCCCn1cnnc1. The van der Waals surface area contributed by atoms with Crippen LogP contribution in [0.1, 0.15) is 19.3 Å². The van der Waals surface area contributed by atoms with E-state index in [1.54, 1.807) is 12.7 Å². The van der Waals surface area contributed by atoms with Gasteiger partial charge in [-0.15, -0.1) is 10.2 Å². The lowest BCUT2D eigenvalue weighted by molar-refractivity contribution is 0.614. The molecular formula is C7H10N4. The highest BCUT2D eigenvalue weighted by Gasteiger charge is 1.89. The first-order valence-corrected chi connectivity index (χ1v) is 3.63. The third-order valence-corrected chi connectivity index (χ3v) is 1.42. The zero-order chi connectivity index (χ0) is 7.94. The smallest absolute Gasteiger partial charge is 0.119 e. The topological polar surface area (TPSA) is 54.5 Å². The Morgan fingerprint density at radius 2 is 2.00 bits per heavy atom. The highest BCUT2D eigenvalue weighted by Crippen LogP contribution is 1.96. The van der Waals surface area contributed by atoms with Crippen molar-refractivity contribution in [2.45, 2.75) is 25.8 Å². The Balaban J connectivity index is 2.10. The molecule has 11 heavy (non-hydrogen) atoms. The molecule has 0 radical (unpaired) electrons. The van der Waals surface area contributed by atoms with Gasteiger partial charge in [0.2, 0.25) is 0 Å². The van der Waals surface area contributed by atoms with Gasteiger partial charge in [0, 0.05) is 13.0 Å². The summed E-state index contributed by atoms with van der Waals surface area (Å²) < 4.78 is 1.91. The quantitative estimate of drug-likeness (QED) is 0.601. The van der Waals surface area contributed by atoms with Crippen LogP contribution in [0.15, 0.2) is 12.7 Å². The summed E-state index contributed by atoms with van der Waals surface area (Å²) in [5.74, 6) is 0. The Bertz CT molecular complexity index is 221. The van der Waals surface area contributed by atoms with Crippen molar-refractivity contribution in [3.8, 4) is 6.07 Å². The summed E-state index contributed by atoms with van der Waals surface area (Å²) in [4.78, 5) is 0. The molecule has 4 nitrogen and oxygen atoms in total. The summed E-state index contributed by atoms with van der Waals surface area (Å²) in [5.41, 5.74) is 0. The Morgan fingerprint density at radius 3 is 2.64 bits per heavy atom. The van der Waals surface area contributed by atoms with E-state index in [0.29, 0.717) is 6.42 Å². The monoisotopic (exact) mass is 150 g/mol. The van der Waals surface area contributed by atoms with E-state index in [0.717, 1.165) is 19.4 Å². The molecule has 0 fully saturated rings. The van der Waals surface area contributed by atoms with Crippen LogP contribution < -0.4 is 0 Å². The molecule has 58 valence electrons. The second-order valence-electron chi connectivity index (χ2n) is 2.31. The fourth-order valence-electron chi connectivity index (χ4n) is 0.836. The summed E-state index contributed by atoms with van der Waals surface area (Å²) in [5, 5.41) is 15.6. The summed E-state index contributed by atoms with van der Waals surface area (Å²) in [7, 11) is 0. The van der Waals surface area contributed by atoms with Gasteiger partial charge in [-0.1, -0.05) is 0 Å². The van der Waals surface area contributed by atoms with Gasteiger partial charge in [-0.3, -0.25) is 0 Å². The standard InChI is InChI=1S/C7H10N4/c8-4-2-1-3-5-11-6-9-10-7-11/h6-7H,1-3,5H2. The fourth-order valence-corrected chi connectivity index (χ4v) is 0.836. The minimum atomic E-state index is 0.641. The van der Waals surface area contributed by atoms with E-state index in [4.69, 9.17) is 5.26 Å². The molecule has 0 saturated heterocycles. The molecule has 0 unspecified atom stereocenters. The van der Waals surface area contributed by atoms with E-state index in [-0.39, 0.29) is 0 Å². The number of rotatable bonds is 4. The summed E-state index contributed by atoms with van der Waals surface area (Å²) in [6.07, 6.45) is 5.99. The van der Waals surface area contributed by atoms with Crippen LogP contribution >= 0.6 is 0 Å². The minimum absolute atomic E-state index is 0.641. The first kappa shape index (κ1) is 7.73. The third-order valence-electron chi connectivity index (χ3n) is 1.42. The van der Waals surface area contributed by atoms with Crippen LogP contribution in [0, 0.1) is 11.3 Å². The van der Waals surface area contributed by atoms with Crippen molar-refractivity contribution in [3.63, 3.8) is 0 Å². The van der Waals surface area contributed by atoms with Gasteiger partial charge in [0.05, 0.1) is 6.07 Å². The van der Waals surface area contributed by atoms with Crippen LogP contribution in [0.25, 0.3) is 0 Å². The van der Waals surface area contributed by atoms with E-state index >= 15 is 0 Å². The maximum Gasteiger partial charge on any atom is 0.119 e. The van der Waals surface area contributed by atoms with E-state index in [1.165, 1.54) is 0 Å². The zero-order valence-electron chi connectivity index (χ0n) is 6.27. The first-order valence-electron chi connectivity index (χ1n) is 3.63. The number of nitrogens with zero attached hydrogens (tertiary/aromatic N) is 4. The highest BCUT2D eigenvalue weighted by atomic mass is 15.2. The minimum Gasteiger partial charge on any atom is -0.320 e. The second-order valence-corrected chi connectivity index (χ2v) is 2.31. The molecule has 1 heterocycles. The molecule has 1 aromatic heterocycles. The Hall–Kier alpha value is -1.37. The molecule has 0 aliphatic rings. The lowest BCUT2D eigenvalue weighted by Gasteiger charge is -1.96. The number of unbranched alkanes of at least 4 members (excludes halogenated alkanes) is 2. The normalized spacial score (nSPS) is 9.36. The van der Waals surface area contributed by atoms with Crippen LogP contribution in [-0.4, -0.2) is 14.8 Å². The predicted octanol–water partition coefficient (Wildman–Crippen LogP) is 0.972. The predicted molar refractivity (Wildman–Crippen MR) is 39.5 cm³/mol. The van der Waals surface area contributed by atoms with Gasteiger partial charge in [-0.25, -0.2) is 0 Å². The number of nitriles is 1. The number of aryl methyl sites for hydroxylation is 1. The average Bonchev–Trinajstić information content (AvgIpc) is 2.50. The number of aromatic nitrogens is 3. The highest BCUT2D eigenvalue weighted by molar-refractivity contribution is 4.68. The van der Waals surface area contributed by atoms with Crippen molar-refractivity contribution in [1.82, 2.24) is 14.8 Å². The van der Waals surface area contributed by atoms with Gasteiger partial charge in [0.25, 0.3) is 0 Å². The van der Waals surface area contributed by atoms with Crippen molar-refractivity contribution in [1.29, 1.82) is 5.26 Å². The van der Waals surface area contributed by atoms with E-state index in [1.807, 2.05) is 4.57 Å². The molecule has 0 aromatic carbocycles. The average molecular weight is 150 g/mol. The van der Waals surface area contributed by atoms with E-state index in [9.17, 15) is 0 Å². The molecule has 1 aromatic rings. The first-order chi connectivity index (χ1) is 5.43. The van der Waals surface area contributed by atoms with Crippen LogP contribution in [-0.2, 0) is 6.54 Å². The maximum absolute atomic E-state index is 8.24. The van der Waals surface area contributed by atoms with Gasteiger partial charge < -0.3 is 4.57 Å². The summed E-state index contributed by atoms with van der Waals surface area (Å²) in [6, 6.07) is 2.11. The molecular weight excluding hydrogens is 140 g/mol. The zero-order valence-corrected chi connectivity index (χ0v) is 6.27. The Morgan fingerprint density at radius 1 is 1.27 bits per heavy atom. The van der Waals surface area contributed by atoms with Gasteiger partial charge in [0.15, 0.2) is 0 Å². The van der Waals surface area contributed by atoms with Crippen LogP contribution in [0.4, 0.5) is 0 Å². The van der Waals surface area contributed by atoms with Crippen LogP contribution in [0.2, 0.25) is 0 Å². The Kier molecular flexibility index (Phi) is 3.13. The van der Waals surface area contributed by atoms with Crippen LogP contribution in [0.5, 0.6) is 0 Å². The molecule has 0 N–H and O–H groups in total. The molecule has 0 saturated carbocycles. The Labute approximate surface area is 65.5 Å². The molecule has 0 atom stereocenters. The van der Waals surface area contributed by atoms with Gasteiger partial charge >= 0.3 is 0 Å². The van der Waals surface area contributed by atoms with Crippen molar-refractivity contribution in [2.75, 3.05) is 0 Å². The lowest BCUT2D eigenvalue weighted by atomic mass is 10.2. The lowest BCUT2D eigenvalue weighted by Crippen LogP contribution is -1.93. The summed E-state index contributed by atoms with van der Waals surface area (Å²) in [6.45, 7) is 0.911. The fraction of sp³-hybridized carbons (Fsp3) is 0.571. The van der Waals surface area contributed by atoms with Crippen molar-refractivity contribution in [3.05, 3.63) is 12.7 Å². The largest absolute Gasteiger partial charge is 0.320 e. The van der Waals surface area contributed by atoms with Crippen molar-refractivity contribution < 1.29 is 0 Å². The van der Waals surface area contributed by atoms with Gasteiger partial charge in [-0.2, -0.15) is 5.26 Å². The number of hydrogen-bond donors (Lipinski definition) is 0. The molecule has 0 bridgehead atoms. The molecule has 1 rings (SSSR count). The number of hydrogen-bond acceptors (Lipinski definition) is 3. The summed E-state index contributed by atoms with van der Waals surface area (Å²) >= 11 is 0. The van der Waals surface area contributed by atoms with Gasteiger partial charge in [0.1, 0.15) is 12.7 Å².